The van der Waals surface area contributed by atoms with Gasteiger partial charge in [-0.3, -0.25) is 4.79 Å². The molecule has 5 heteroatoms. The number of carboxylic acids is 1. The van der Waals surface area contributed by atoms with E-state index in [0.717, 1.165) is 18.0 Å². The van der Waals surface area contributed by atoms with E-state index in [4.69, 9.17) is 5.11 Å². The van der Waals surface area contributed by atoms with Crippen LogP contribution in [0, 0.1) is 0 Å². The molecule has 18 heavy (non-hydrogen) atoms. The molecule has 1 saturated heterocycles. The van der Waals surface area contributed by atoms with E-state index in [9.17, 15) is 4.79 Å². The second-order valence-corrected chi connectivity index (χ2v) is 5.94. The second kappa shape index (κ2) is 6.29. The van der Waals surface area contributed by atoms with Gasteiger partial charge in [0.15, 0.2) is 0 Å². The maximum absolute atomic E-state index is 10.5. The van der Waals surface area contributed by atoms with Gasteiger partial charge in [0.1, 0.15) is 0 Å². The lowest BCUT2D eigenvalue weighted by atomic mass is 9.99. The van der Waals surface area contributed by atoms with Crippen molar-refractivity contribution < 1.29 is 9.90 Å². The van der Waals surface area contributed by atoms with E-state index in [1.807, 2.05) is 6.20 Å². The maximum atomic E-state index is 10.5. The molecule has 100 valence electrons. The predicted octanol–water partition coefficient (Wildman–Crippen LogP) is 2.36. The van der Waals surface area contributed by atoms with Gasteiger partial charge in [-0.05, 0) is 32.4 Å². The monoisotopic (exact) mass is 268 g/mol. The summed E-state index contributed by atoms with van der Waals surface area (Å²) in [6.07, 6.45) is 5.11. The highest BCUT2D eigenvalue weighted by Crippen LogP contribution is 2.30. The molecule has 1 fully saturated rings. The molecule has 0 aromatic carbocycles. The summed E-state index contributed by atoms with van der Waals surface area (Å²) >= 11 is 1.69. The SMILES string of the molecule is CCN1CCCC(c2ncc(CCC(=O)O)s2)C1. The fourth-order valence-electron chi connectivity index (χ4n) is 2.40. The molecule has 2 rings (SSSR count). The van der Waals surface area contributed by atoms with Crippen molar-refractivity contribution in [2.45, 2.75) is 38.5 Å². The normalized spacial score (nSPS) is 21.1. The molecule has 1 atom stereocenters. The van der Waals surface area contributed by atoms with Crippen LogP contribution in [0.25, 0.3) is 0 Å². The highest BCUT2D eigenvalue weighted by molar-refractivity contribution is 7.11. The number of nitrogens with zero attached hydrogens (tertiary/aromatic N) is 2. The van der Waals surface area contributed by atoms with E-state index < -0.39 is 5.97 Å². The molecule has 1 unspecified atom stereocenters. The van der Waals surface area contributed by atoms with Crippen LogP contribution in [0.5, 0.6) is 0 Å². The Kier molecular flexibility index (Phi) is 4.72. The Bertz CT molecular complexity index is 405. The smallest absolute Gasteiger partial charge is 0.303 e. The van der Waals surface area contributed by atoms with Crippen LogP contribution in [-0.4, -0.2) is 40.6 Å². The first kappa shape index (κ1) is 13.5. The van der Waals surface area contributed by atoms with Gasteiger partial charge < -0.3 is 10.0 Å². The van der Waals surface area contributed by atoms with Gasteiger partial charge in [0, 0.05) is 23.5 Å². The quantitative estimate of drug-likeness (QED) is 0.890. The molecule has 0 spiro atoms. The number of aromatic nitrogens is 1. The van der Waals surface area contributed by atoms with Gasteiger partial charge in [-0.1, -0.05) is 6.92 Å². The number of likely N-dealkylation sites (tertiary alicyclic amines) is 1. The fraction of sp³-hybridized carbons (Fsp3) is 0.692. The second-order valence-electron chi connectivity index (χ2n) is 4.79. The summed E-state index contributed by atoms with van der Waals surface area (Å²) in [7, 11) is 0. The Balaban J connectivity index is 1.94. The first-order valence-corrected chi connectivity index (χ1v) is 7.39. The predicted molar refractivity (Wildman–Crippen MR) is 72.2 cm³/mol. The number of aryl methyl sites for hydroxylation is 1. The van der Waals surface area contributed by atoms with Gasteiger partial charge in [0.25, 0.3) is 0 Å². The van der Waals surface area contributed by atoms with Crippen LogP contribution in [0.4, 0.5) is 0 Å². The molecule has 4 nitrogen and oxygen atoms in total. The van der Waals surface area contributed by atoms with E-state index in [2.05, 4.69) is 16.8 Å². The summed E-state index contributed by atoms with van der Waals surface area (Å²) in [5, 5.41) is 9.86. The topological polar surface area (TPSA) is 53.4 Å². The summed E-state index contributed by atoms with van der Waals surface area (Å²) in [6, 6.07) is 0. The zero-order chi connectivity index (χ0) is 13.0. The number of thiazole rings is 1. The average Bonchev–Trinajstić information content (AvgIpc) is 2.85. The standard InChI is InChI=1S/C13H20N2O2S/c1-2-15-7-3-4-10(9-15)13-14-8-11(18-13)5-6-12(16)17/h8,10H,2-7,9H2,1H3,(H,16,17). The lowest BCUT2D eigenvalue weighted by Gasteiger charge is -2.30. The molecule has 1 N–H and O–H groups in total. The first-order chi connectivity index (χ1) is 8.69. The van der Waals surface area contributed by atoms with Crippen molar-refractivity contribution in [1.82, 2.24) is 9.88 Å². The van der Waals surface area contributed by atoms with Crippen LogP contribution >= 0.6 is 11.3 Å². The van der Waals surface area contributed by atoms with Crippen molar-refractivity contribution in [2.24, 2.45) is 0 Å². The van der Waals surface area contributed by atoms with Gasteiger partial charge in [-0.25, -0.2) is 4.98 Å². The van der Waals surface area contributed by atoms with Gasteiger partial charge in [-0.2, -0.15) is 0 Å². The molecular formula is C13H20N2O2S. The lowest BCUT2D eigenvalue weighted by Crippen LogP contribution is -2.33. The summed E-state index contributed by atoms with van der Waals surface area (Å²) in [6.45, 7) is 5.60. The molecule has 0 amide bonds. The van der Waals surface area contributed by atoms with Gasteiger partial charge in [0.2, 0.25) is 0 Å². The minimum Gasteiger partial charge on any atom is -0.481 e. The Labute approximate surface area is 112 Å². The zero-order valence-corrected chi connectivity index (χ0v) is 11.6. The van der Waals surface area contributed by atoms with Crippen LogP contribution in [-0.2, 0) is 11.2 Å². The van der Waals surface area contributed by atoms with Crippen molar-refractivity contribution in [3.8, 4) is 0 Å². The summed E-state index contributed by atoms with van der Waals surface area (Å²) < 4.78 is 0. The van der Waals surface area contributed by atoms with E-state index in [-0.39, 0.29) is 6.42 Å². The number of hydrogen-bond donors (Lipinski definition) is 1. The Hall–Kier alpha value is -0.940. The molecule has 0 saturated carbocycles. The minimum absolute atomic E-state index is 0.202. The number of likely N-dealkylation sites (N-methyl/N-ethyl adjacent to an activating group) is 1. The highest BCUT2D eigenvalue weighted by Gasteiger charge is 2.22. The fourth-order valence-corrected chi connectivity index (χ4v) is 3.44. The third-order valence-electron chi connectivity index (χ3n) is 3.46. The molecule has 1 aliphatic heterocycles. The summed E-state index contributed by atoms with van der Waals surface area (Å²) in [5.74, 6) is -0.193. The molecule has 1 aliphatic rings. The van der Waals surface area contributed by atoms with Crippen molar-refractivity contribution >= 4 is 17.3 Å². The number of aliphatic carboxylic acids is 1. The first-order valence-electron chi connectivity index (χ1n) is 6.57. The van der Waals surface area contributed by atoms with Crippen LogP contribution in [0.2, 0.25) is 0 Å². The average molecular weight is 268 g/mol. The van der Waals surface area contributed by atoms with Crippen molar-refractivity contribution in [2.75, 3.05) is 19.6 Å². The van der Waals surface area contributed by atoms with Crippen LogP contribution in [0.3, 0.4) is 0 Å². The van der Waals surface area contributed by atoms with E-state index in [1.165, 1.54) is 24.4 Å². The van der Waals surface area contributed by atoms with Crippen molar-refractivity contribution in [1.29, 1.82) is 0 Å². The molecular weight excluding hydrogens is 248 g/mol. The van der Waals surface area contributed by atoms with Gasteiger partial charge in [-0.15, -0.1) is 11.3 Å². The van der Waals surface area contributed by atoms with Gasteiger partial charge in [0.05, 0.1) is 11.4 Å². The molecule has 2 heterocycles. The maximum Gasteiger partial charge on any atom is 0.303 e. The van der Waals surface area contributed by atoms with Crippen LogP contribution in [0.15, 0.2) is 6.20 Å². The number of piperidine rings is 1. The molecule has 0 aliphatic carbocycles. The van der Waals surface area contributed by atoms with E-state index in [0.29, 0.717) is 12.3 Å². The van der Waals surface area contributed by atoms with Gasteiger partial charge >= 0.3 is 5.97 Å². The molecule has 0 bridgehead atoms. The Morgan fingerprint density at radius 1 is 1.67 bits per heavy atom. The number of rotatable bonds is 5. The van der Waals surface area contributed by atoms with E-state index >= 15 is 0 Å². The Morgan fingerprint density at radius 2 is 2.50 bits per heavy atom. The largest absolute Gasteiger partial charge is 0.481 e. The molecule has 1 aromatic rings. The van der Waals surface area contributed by atoms with Crippen LogP contribution < -0.4 is 0 Å². The number of carboxylic acid groups (broad SMARTS) is 1. The van der Waals surface area contributed by atoms with Crippen molar-refractivity contribution in [3.05, 3.63) is 16.1 Å². The lowest BCUT2D eigenvalue weighted by molar-refractivity contribution is -0.136. The molecule has 1 aromatic heterocycles. The molecule has 0 radical (unpaired) electrons. The number of carbonyl (C=O) groups is 1. The third kappa shape index (κ3) is 3.53. The van der Waals surface area contributed by atoms with Crippen LogP contribution in [0.1, 0.15) is 42.0 Å². The van der Waals surface area contributed by atoms with E-state index in [1.54, 1.807) is 11.3 Å². The summed E-state index contributed by atoms with van der Waals surface area (Å²) in [5.41, 5.74) is 0. The Morgan fingerprint density at radius 3 is 3.22 bits per heavy atom. The highest BCUT2D eigenvalue weighted by atomic mass is 32.1. The van der Waals surface area contributed by atoms with Crippen molar-refractivity contribution in [3.63, 3.8) is 0 Å². The number of hydrogen-bond acceptors (Lipinski definition) is 4. The summed E-state index contributed by atoms with van der Waals surface area (Å²) in [4.78, 5) is 18.6. The minimum atomic E-state index is -0.736. The third-order valence-corrected chi connectivity index (χ3v) is 4.68. The zero-order valence-electron chi connectivity index (χ0n) is 10.8.